The van der Waals surface area contributed by atoms with E-state index in [1.54, 1.807) is 32.4 Å². The highest BCUT2D eigenvalue weighted by molar-refractivity contribution is 7.22. The van der Waals surface area contributed by atoms with E-state index in [-0.39, 0.29) is 5.00 Å². The van der Waals surface area contributed by atoms with Crippen molar-refractivity contribution in [2.24, 2.45) is 0 Å². The van der Waals surface area contributed by atoms with Gasteiger partial charge in [0.25, 0.3) is 0 Å². The molecule has 0 fully saturated rings. The summed E-state index contributed by atoms with van der Waals surface area (Å²) >= 11 is 2.26. The summed E-state index contributed by atoms with van der Waals surface area (Å²) < 4.78 is 11.4. The molecule has 0 bridgehead atoms. The topological polar surface area (TPSA) is 104 Å². The van der Waals surface area contributed by atoms with E-state index in [0.29, 0.717) is 27.0 Å². The van der Waals surface area contributed by atoms with Crippen molar-refractivity contribution in [2.75, 3.05) is 19.5 Å². The summed E-state index contributed by atoms with van der Waals surface area (Å²) in [6.45, 7) is 0. The van der Waals surface area contributed by atoms with E-state index >= 15 is 0 Å². The molecule has 0 atom stereocenters. The maximum atomic E-state index is 12.1. The number of nitrogens with one attached hydrogen (secondary N) is 1. The summed E-state index contributed by atoms with van der Waals surface area (Å²) in [5, 5.41) is 13.8. The fraction of sp³-hybridized carbons (Fsp3) is 0.125. The molecule has 0 spiro atoms. The molecule has 0 radical (unpaired) electrons. The van der Waals surface area contributed by atoms with Crippen molar-refractivity contribution in [3.05, 3.63) is 45.3 Å². The first-order valence-electron chi connectivity index (χ1n) is 7.26. The van der Waals surface area contributed by atoms with Crippen molar-refractivity contribution in [1.29, 1.82) is 0 Å². The number of nitro groups is 1. The molecule has 0 saturated carbocycles. The number of rotatable bonds is 6. The zero-order valence-corrected chi connectivity index (χ0v) is 15.3. The van der Waals surface area contributed by atoms with E-state index in [0.717, 1.165) is 16.0 Å². The number of nitrogens with zero attached hydrogens (tertiary/aromatic N) is 2. The average Bonchev–Trinajstić information content (AvgIpc) is 3.26. The molecule has 1 N–H and O–H groups in total. The van der Waals surface area contributed by atoms with Crippen molar-refractivity contribution in [3.63, 3.8) is 0 Å². The van der Waals surface area contributed by atoms with Crippen LogP contribution in [0, 0.1) is 10.1 Å². The summed E-state index contributed by atoms with van der Waals surface area (Å²) in [7, 11) is 3.10. The Bertz CT molecular complexity index is 968. The maximum absolute atomic E-state index is 12.1. The number of ether oxygens (including phenoxy) is 2. The Morgan fingerprint density at radius 2 is 1.92 bits per heavy atom. The third kappa shape index (κ3) is 3.65. The van der Waals surface area contributed by atoms with Gasteiger partial charge in [0.1, 0.15) is 21.7 Å². The molecule has 0 saturated heterocycles. The fourth-order valence-corrected chi connectivity index (χ4v) is 3.87. The number of benzene rings is 1. The zero-order valence-electron chi connectivity index (χ0n) is 13.7. The lowest BCUT2D eigenvalue weighted by Gasteiger charge is -2.03. The molecule has 0 aliphatic heterocycles. The second-order valence-corrected chi connectivity index (χ2v) is 7.02. The average molecular weight is 391 g/mol. The largest absolute Gasteiger partial charge is 0.495 e. The minimum atomic E-state index is -0.468. The Morgan fingerprint density at radius 3 is 2.58 bits per heavy atom. The SMILES string of the molecule is COc1ccc(OC)c2sc(NC(=O)/C=C/c3ccc([N+](=O)[O-])s3)nc12. The van der Waals surface area contributed by atoms with Gasteiger partial charge in [-0.05, 0) is 24.3 Å². The summed E-state index contributed by atoms with van der Waals surface area (Å²) in [4.78, 5) is 27.3. The van der Waals surface area contributed by atoms with Gasteiger partial charge in [-0.3, -0.25) is 20.2 Å². The van der Waals surface area contributed by atoms with E-state index in [2.05, 4.69) is 10.3 Å². The molecule has 3 rings (SSSR count). The molecule has 1 amide bonds. The number of aromatic nitrogens is 1. The van der Waals surface area contributed by atoms with Gasteiger partial charge >= 0.3 is 5.00 Å². The smallest absolute Gasteiger partial charge is 0.324 e. The molecule has 0 unspecified atom stereocenters. The highest BCUT2D eigenvalue weighted by Gasteiger charge is 2.14. The minimum Gasteiger partial charge on any atom is -0.495 e. The lowest BCUT2D eigenvalue weighted by Crippen LogP contribution is -2.07. The van der Waals surface area contributed by atoms with Crippen molar-refractivity contribution in [2.45, 2.75) is 0 Å². The zero-order chi connectivity index (χ0) is 18.7. The third-order valence-electron chi connectivity index (χ3n) is 3.33. The molecule has 3 aromatic rings. The first kappa shape index (κ1) is 17.8. The number of amides is 1. The molecule has 0 aliphatic carbocycles. The van der Waals surface area contributed by atoms with E-state index in [1.807, 2.05) is 0 Å². The van der Waals surface area contributed by atoms with Crippen LogP contribution in [0.5, 0.6) is 11.5 Å². The number of thiophene rings is 1. The molecular formula is C16H13N3O5S2. The molecule has 2 heterocycles. The molecule has 0 aliphatic rings. The maximum Gasteiger partial charge on any atom is 0.324 e. The number of fused-ring (bicyclic) bond motifs is 1. The van der Waals surface area contributed by atoms with Crippen LogP contribution in [0.3, 0.4) is 0 Å². The van der Waals surface area contributed by atoms with Crippen LogP contribution in [-0.4, -0.2) is 30.0 Å². The van der Waals surface area contributed by atoms with Gasteiger partial charge in [-0.15, -0.1) is 0 Å². The van der Waals surface area contributed by atoms with Gasteiger partial charge in [-0.25, -0.2) is 4.98 Å². The summed E-state index contributed by atoms with van der Waals surface area (Å²) in [6, 6.07) is 6.50. The first-order valence-corrected chi connectivity index (χ1v) is 8.90. The third-order valence-corrected chi connectivity index (χ3v) is 5.32. The Kier molecular flexibility index (Phi) is 5.14. The molecule has 10 heteroatoms. The normalized spacial score (nSPS) is 11.0. The quantitative estimate of drug-likeness (QED) is 0.388. The molecule has 134 valence electrons. The Hall–Kier alpha value is -2.98. The highest BCUT2D eigenvalue weighted by atomic mass is 32.1. The van der Waals surface area contributed by atoms with Crippen molar-refractivity contribution in [1.82, 2.24) is 4.98 Å². The minimum absolute atomic E-state index is 0.0235. The second kappa shape index (κ2) is 7.50. The number of carbonyl (C=O) groups is 1. The molecule has 8 nitrogen and oxygen atoms in total. The van der Waals surface area contributed by atoms with Gasteiger partial charge in [-0.2, -0.15) is 0 Å². The molecule has 1 aromatic carbocycles. The second-order valence-electron chi connectivity index (χ2n) is 4.92. The van der Waals surface area contributed by atoms with Gasteiger partial charge < -0.3 is 9.47 Å². The molecule has 26 heavy (non-hydrogen) atoms. The number of anilines is 1. The van der Waals surface area contributed by atoms with E-state index in [1.165, 1.54) is 29.6 Å². The molecular weight excluding hydrogens is 378 g/mol. The van der Waals surface area contributed by atoms with Crippen molar-refractivity contribution in [3.8, 4) is 11.5 Å². The lowest BCUT2D eigenvalue weighted by atomic mass is 10.3. The van der Waals surface area contributed by atoms with Crippen LogP contribution in [0.1, 0.15) is 4.88 Å². The van der Waals surface area contributed by atoms with Gasteiger partial charge in [0, 0.05) is 17.0 Å². The number of methoxy groups -OCH3 is 2. The summed E-state index contributed by atoms with van der Waals surface area (Å²) in [5.41, 5.74) is 0.602. The van der Waals surface area contributed by atoms with Gasteiger partial charge in [0.2, 0.25) is 5.91 Å². The van der Waals surface area contributed by atoms with Crippen LogP contribution in [0.25, 0.3) is 16.3 Å². The van der Waals surface area contributed by atoms with Gasteiger partial charge in [-0.1, -0.05) is 22.7 Å². The standard InChI is InChI=1S/C16H13N3O5S2/c1-23-10-5-6-11(24-2)15-14(10)18-16(26-15)17-12(20)7-3-9-4-8-13(25-9)19(21)22/h3-8H,1-2H3,(H,17,18,20)/b7-3+. The van der Waals surface area contributed by atoms with Crippen LogP contribution in [0.15, 0.2) is 30.3 Å². The van der Waals surface area contributed by atoms with Gasteiger partial charge in [0.05, 0.1) is 19.1 Å². The highest BCUT2D eigenvalue weighted by Crippen LogP contribution is 2.38. The fourth-order valence-electron chi connectivity index (χ4n) is 2.17. The van der Waals surface area contributed by atoms with E-state index in [4.69, 9.17) is 9.47 Å². The van der Waals surface area contributed by atoms with Crippen LogP contribution >= 0.6 is 22.7 Å². The lowest BCUT2D eigenvalue weighted by molar-refractivity contribution is -0.380. The summed E-state index contributed by atoms with van der Waals surface area (Å²) in [6.07, 6.45) is 2.82. The van der Waals surface area contributed by atoms with Crippen LogP contribution in [0.2, 0.25) is 0 Å². The number of thiazole rings is 1. The summed E-state index contributed by atoms with van der Waals surface area (Å²) in [5.74, 6) is 0.831. The van der Waals surface area contributed by atoms with E-state index < -0.39 is 10.8 Å². The predicted octanol–water partition coefficient (Wildman–Crippen LogP) is 3.94. The number of hydrogen-bond donors (Lipinski definition) is 1. The first-order chi connectivity index (χ1) is 12.5. The van der Waals surface area contributed by atoms with E-state index in [9.17, 15) is 14.9 Å². The monoisotopic (exact) mass is 391 g/mol. The van der Waals surface area contributed by atoms with Crippen molar-refractivity contribution >= 4 is 55.0 Å². The Labute approximate surface area is 155 Å². The van der Waals surface area contributed by atoms with Crippen molar-refractivity contribution < 1.29 is 19.2 Å². The Morgan fingerprint density at radius 1 is 1.19 bits per heavy atom. The van der Waals surface area contributed by atoms with Gasteiger partial charge in [0.15, 0.2) is 5.13 Å². The van der Waals surface area contributed by atoms with Crippen LogP contribution in [-0.2, 0) is 4.79 Å². The predicted molar refractivity (Wildman–Crippen MR) is 101 cm³/mol. The molecule has 2 aromatic heterocycles. The number of hydrogen-bond acceptors (Lipinski definition) is 8. The number of carbonyl (C=O) groups excluding carboxylic acids is 1. The van der Waals surface area contributed by atoms with Crippen LogP contribution in [0.4, 0.5) is 10.1 Å². The Balaban J connectivity index is 1.78. The van der Waals surface area contributed by atoms with Crippen LogP contribution < -0.4 is 14.8 Å².